The van der Waals surface area contributed by atoms with Gasteiger partial charge in [0.2, 0.25) is 0 Å². The monoisotopic (exact) mass is 706 g/mol. The van der Waals surface area contributed by atoms with Gasteiger partial charge < -0.3 is 0 Å². The van der Waals surface area contributed by atoms with Crippen molar-refractivity contribution in [2.24, 2.45) is 0 Å². The Hall–Kier alpha value is -5.45. The van der Waals surface area contributed by atoms with E-state index in [0.29, 0.717) is 6.16 Å². The maximum atomic E-state index is 15.0. The van der Waals surface area contributed by atoms with E-state index in [1.54, 1.807) is 0 Å². The van der Waals surface area contributed by atoms with Gasteiger partial charge in [-0.25, -0.2) is 0 Å². The predicted octanol–water partition coefficient (Wildman–Crippen LogP) is 9.19. The average Bonchev–Trinajstić information content (AvgIpc) is 3.36. The van der Waals surface area contributed by atoms with Crippen molar-refractivity contribution < 1.29 is 0 Å². The summed E-state index contributed by atoms with van der Waals surface area (Å²) in [5.74, 6) is 0. The second-order valence-corrected chi connectivity index (χ2v) is 20.2. The molecule has 8 aromatic rings. The lowest BCUT2D eigenvalue weighted by molar-refractivity contribution is 1.34. The molecule has 0 heterocycles. The SMILES string of the molecule is O=c1cc(C[P+](c2ccccc2)(c2ccccc2)c2ccccc2)c2ccccc2cc1C[P+](c1ccccc1)(c1ccccc1)c1ccccc1. The molecule has 0 aliphatic heterocycles. The maximum Gasteiger partial charge on any atom is 0.185 e. The first-order valence-corrected chi connectivity index (χ1v) is 21.8. The van der Waals surface area contributed by atoms with E-state index in [4.69, 9.17) is 0 Å². The summed E-state index contributed by atoms with van der Waals surface area (Å²) >= 11 is 0. The lowest BCUT2D eigenvalue weighted by atomic mass is 10.1. The Morgan fingerprint density at radius 3 is 0.942 bits per heavy atom. The molecule has 0 bridgehead atoms. The molecule has 0 saturated carbocycles. The van der Waals surface area contributed by atoms with Gasteiger partial charge in [-0.1, -0.05) is 133 Å². The summed E-state index contributed by atoms with van der Waals surface area (Å²) in [5, 5.41) is 9.93. The lowest BCUT2D eigenvalue weighted by Gasteiger charge is -2.28. The van der Waals surface area contributed by atoms with Gasteiger partial charge >= 0.3 is 0 Å². The molecule has 0 fully saturated rings. The van der Waals surface area contributed by atoms with Gasteiger partial charge in [0.05, 0.1) is 6.16 Å². The second kappa shape index (κ2) is 15.0. The Bertz CT molecular complexity index is 2260. The van der Waals surface area contributed by atoms with E-state index in [1.165, 1.54) is 31.8 Å². The summed E-state index contributed by atoms with van der Waals surface area (Å²) in [6.07, 6.45) is 1.35. The molecule has 8 rings (SSSR count). The Balaban J connectivity index is 1.39. The third-order valence-electron chi connectivity index (χ3n) is 10.3. The molecule has 0 radical (unpaired) electrons. The zero-order valence-electron chi connectivity index (χ0n) is 29.0. The Morgan fingerprint density at radius 1 is 0.308 bits per heavy atom. The molecule has 0 N–H and O–H groups in total. The van der Waals surface area contributed by atoms with E-state index in [1.807, 2.05) is 6.07 Å². The van der Waals surface area contributed by atoms with Crippen LogP contribution in [0, 0.1) is 0 Å². The standard InChI is InChI=1S/C49H40OP2/c50-49-36-40(37-51(42-22-7-1-8-23-42,43-24-9-2-10-25-43)44-26-11-3-12-27-44)48-34-20-19-21-39(48)35-41(49)38-52(45-28-13-4-14-29-45,46-30-15-5-16-31-46)47-32-17-6-18-33-47/h1-36H,37-38H2/q+2. The molecule has 0 unspecified atom stereocenters. The Labute approximate surface area is 308 Å². The topological polar surface area (TPSA) is 17.1 Å². The number of fused-ring (bicyclic) bond motifs is 1. The van der Waals surface area contributed by atoms with Crippen molar-refractivity contribution in [3.05, 3.63) is 240 Å². The maximum absolute atomic E-state index is 15.0. The fourth-order valence-corrected chi connectivity index (χ4v) is 16.3. The fraction of sp³-hybridized carbons (Fsp3) is 0.0408. The van der Waals surface area contributed by atoms with Crippen LogP contribution in [-0.4, -0.2) is 0 Å². The van der Waals surface area contributed by atoms with Crippen LogP contribution in [-0.2, 0) is 12.3 Å². The number of benzene rings is 7. The molecule has 0 atom stereocenters. The minimum Gasteiger partial charge on any atom is -0.289 e. The minimum absolute atomic E-state index is 0.0886. The molecule has 3 heteroatoms. The van der Waals surface area contributed by atoms with Crippen LogP contribution in [0.2, 0.25) is 0 Å². The molecule has 1 nitrogen and oxygen atoms in total. The van der Waals surface area contributed by atoms with Gasteiger partial charge in [0.1, 0.15) is 52.5 Å². The molecular weight excluding hydrogens is 666 g/mol. The van der Waals surface area contributed by atoms with Crippen LogP contribution in [0.25, 0.3) is 10.8 Å². The first kappa shape index (κ1) is 33.7. The first-order chi connectivity index (χ1) is 25.7. The number of hydrogen-bond donors (Lipinski definition) is 0. The lowest BCUT2D eigenvalue weighted by Crippen LogP contribution is -2.33. The van der Waals surface area contributed by atoms with E-state index in [2.05, 4.69) is 212 Å². The third-order valence-corrected chi connectivity index (χ3v) is 19.0. The third kappa shape index (κ3) is 6.33. The van der Waals surface area contributed by atoms with Crippen LogP contribution in [0.3, 0.4) is 0 Å². The van der Waals surface area contributed by atoms with Gasteiger partial charge in [-0.2, -0.15) is 0 Å². The molecule has 0 spiro atoms. The molecular formula is C49H40OP2+2. The second-order valence-electron chi connectivity index (χ2n) is 13.2. The van der Waals surface area contributed by atoms with Gasteiger partial charge in [0.15, 0.2) is 5.43 Å². The summed E-state index contributed by atoms with van der Waals surface area (Å²) in [6.45, 7) is 0. The molecule has 0 amide bonds. The van der Waals surface area contributed by atoms with E-state index in [-0.39, 0.29) is 5.43 Å². The van der Waals surface area contributed by atoms with Crippen molar-refractivity contribution in [3.63, 3.8) is 0 Å². The van der Waals surface area contributed by atoms with Crippen LogP contribution in [0.1, 0.15) is 11.1 Å². The van der Waals surface area contributed by atoms with Crippen molar-refractivity contribution in [2.45, 2.75) is 12.3 Å². The molecule has 52 heavy (non-hydrogen) atoms. The van der Waals surface area contributed by atoms with Crippen molar-refractivity contribution >= 4 is 57.1 Å². The average molecular weight is 707 g/mol. The summed E-state index contributed by atoms with van der Waals surface area (Å²) in [6, 6.07) is 78.2. The molecule has 250 valence electrons. The zero-order valence-corrected chi connectivity index (χ0v) is 30.8. The van der Waals surface area contributed by atoms with E-state index >= 15 is 4.79 Å². The highest BCUT2D eigenvalue weighted by Gasteiger charge is 2.47. The van der Waals surface area contributed by atoms with Crippen molar-refractivity contribution in [2.75, 3.05) is 0 Å². The van der Waals surface area contributed by atoms with Crippen LogP contribution in [0.4, 0.5) is 0 Å². The highest BCUT2D eigenvalue weighted by atomic mass is 31.2. The van der Waals surface area contributed by atoms with Crippen molar-refractivity contribution in [3.8, 4) is 0 Å². The van der Waals surface area contributed by atoms with E-state index in [9.17, 15) is 0 Å². The number of hydrogen-bond acceptors (Lipinski definition) is 1. The largest absolute Gasteiger partial charge is 0.289 e. The Morgan fingerprint density at radius 2 is 0.596 bits per heavy atom. The van der Waals surface area contributed by atoms with Gasteiger partial charge in [-0.05, 0) is 95.7 Å². The van der Waals surface area contributed by atoms with Crippen LogP contribution in [0.15, 0.2) is 223 Å². The highest BCUT2D eigenvalue weighted by Crippen LogP contribution is 2.59. The normalized spacial score (nSPS) is 11.7. The first-order valence-electron chi connectivity index (χ1n) is 17.8. The highest BCUT2D eigenvalue weighted by molar-refractivity contribution is 7.95. The summed E-state index contributed by atoms with van der Waals surface area (Å²) in [7, 11) is -4.57. The quantitative estimate of drug-likeness (QED) is 0.130. The van der Waals surface area contributed by atoms with Crippen LogP contribution < -0.4 is 37.3 Å². The predicted molar refractivity (Wildman–Crippen MR) is 228 cm³/mol. The molecule has 0 aromatic heterocycles. The summed E-state index contributed by atoms with van der Waals surface area (Å²) < 4.78 is 0. The van der Waals surface area contributed by atoms with Gasteiger partial charge in [0.25, 0.3) is 0 Å². The van der Waals surface area contributed by atoms with Gasteiger partial charge in [-0.15, -0.1) is 0 Å². The van der Waals surface area contributed by atoms with Crippen molar-refractivity contribution in [1.29, 1.82) is 0 Å². The number of rotatable bonds is 10. The van der Waals surface area contributed by atoms with Crippen molar-refractivity contribution in [1.82, 2.24) is 0 Å². The molecule has 0 saturated heterocycles. The van der Waals surface area contributed by atoms with E-state index in [0.717, 1.165) is 28.1 Å². The van der Waals surface area contributed by atoms with Crippen LogP contribution >= 0.6 is 14.5 Å². The van der Waals surface area contributed by atoms with Crippen LogP contribution in [0.5, 0.6) is 0 Å². The summed E-state index contributed by atoms with van der Waals surface area (Å²) in [4.78, 5) is 15.0. The fourth-order valence-electron chi connectivity index (χ4n) is 7.81. The molecule has 8 aromatic carbocycles. The minimum atomic E-state index is -2.31. The smallest absolute Gasteiger partial charge is 0.185 e. The zero-order chi connectivity index (χ0) is 35.2. The Kier molecular flexibility index (Phi) is 9.74. The molecule has 0 aliphatic carbocycles. The molecule has 0 aliphatic rings. The van der Waals surface area contributed by atoms with Gasteiger partial charge in [0, 0.05) is 11.1 Å². The van der Waals surface area contributed by atoms with Gasteiger partial charge in [-0.3, -0.25) is 4.79 Å². The summed E-state index contributed by atoms with van der Waals surface area (Å²) in [5.41, 5.74) is 2.01. The van der Waals surface area contributed by atoms with E-state index < -0.39 is 14.5 Å².